The number of alkyl halides is 3. The predicted octanol–water partition coefficient (Wildman–Crippen LogP) is 4.37. The van der Waals surface area contributed by atoms with Crippen molar-refractivity contribution in [2.45, 2.75) is 17.6 Å². The van der Waals surface area contributed by atoms with Crippen molar-refractivity contribution in [1.29, 1.82) is 0 Å². The average Bonchev–Trinajstić information content (AvgIpc) is 2.64. The number of nitrogens with zero attached hydrogens (tertiary/aromatic N) is 1. The number of aromatic nitrogens is 1. The molecule has 10 heteroatoms. The zero-order chi connectivity index (χ0) is 21.2. The molecule has 2 aromatic carbocycles. The minimum atomic E-state index is -4.78. The first-order valence-electron chi connectivity index (χ1n) is 8.20. The van der Waals surface area contributed by atoms with Crippen LogP contribution in [0.25, 0.3) is 0 Å². The van der Waals surface area contributed by atoms with Crippen molar-refractivity contribution in [3.05, 3.63) is 93.4 Å². The van der Waals surface area contributed by atoms with E-state index in [1.54, 1.807) is 30.5 Å². The number of nitrogens with one attached hydrogen (secondary N) is 1. The van der Waals surface area contributed by atoms with Gasteiger partial charge in [-0.1, -0.05) is 29.8 Å². The molecule has 1 N–H and O–H groups in total. The molecule has 0 radical (unpaired) electrons. The zero-order valence-electron chi connectivity index (χ0n) is 14.7. The molecule has 3 aromatic rings. The molecule has 0 unspecified atom stereocenters. The summed E-state index contributed by atoms with van der Waals surface area (Å²) in [5.74, 6) is 0. The molecule has 1 heterocycles. The molecule has 0 saturated heterocycles. The van der Waals surface area contributed by atoms with Gasteiger partial charge in [-0.2, -0.15) is 13.2 Å². The second-order valence-corrected chi connectivity index (χ2v) is 8.20. The van der Waals surface area contributed by atoms with Gasteiger partial charge in [0.15, 0.2) is 0 Å². The third-order valence-corrected chi connectivity index (χ3v) is 5.72. The van der Waals surface area contributed by atoms with Crippen LogP contribution in [0.5, 0.6) is 0 Å². The fraction of sp³-hybridized carbons (Fsp3) is 0.105. The van der Waals surface area contributed by atoms with Crippen molar-refractivity contribution < 1.29 is 21.6 Å². The number of halogens is 4. The Kier molecular flexibility index (Phi) is 5.72. The first kappa shape index (κ1) is 20.9. The minimum absolute atomic E-state index is 0.165. The number of hydrogen-bond acceptors (Lipinski definition) is 3. The molecule has 0 bridgehead atoms. The van der Waals surface area contributed by atoms with Crippen LogP contribution in [-0.2, 0) is 22.7 Å². The van der Waals surface area contributed by atoms with Gasteiger partial charge in [0.25, 0.3) is 15.6 Å². The fourth-order valence-corrected chi connectivity index (χ4v) is 3.88. The molecular weight excluding hydrogens is 429 g/mol. The van der Waals surface area contributed by atoms with E-state index in [9.17, 15) is 26.4 Å². The maximum absolute atomic E-state index is 13.0. The molecule has 0 aliphatic rings. The highest BCUT2D eigenvalue weighted by Gasteiger charge is 2.34. The van der Waals surface area contributed by atoms with Crippen LogP contribution in [-0.4, -0.2) is 13.0 Å². The lowest BCUT2D eigenvalue weighted by atomic mass is 10.2. The lowest BCUT2D eigenvalue weighted by Gasteiger charge is -2.13. The summed E-state index contributed by atoms with van der Waals surface area (Å²) in [5.41, 5.74) is -0.504. The fourth-order valence-electron chi connectivity index (χ4n) is 2.57. The van der Waals surface area contributed by atoms with Crippen LogP contribution in [0.3, 0.4) is 0 Å². The van der Waals surface area contributed by atoms with E-state index in [-0.39, 0.29) is 11.2 Å². The number of pyridine rings is 1. The summed E-state index contributed by atoms with van der Waals surface area (Å²) in [6.45, 7) is 0.291. The third kappa shape index (κ3) is 4.99. The van der Waals surface area contributed by atoms with E-state index in [4.69, 9.17) is 11.6 Å². The normalized spacial score (nSPS) is 12.0. The third-order valence-electron chi connectivity index (χ3n) is 4.01. The number of benzene rings is 2. The molecule has 0 spiro atoms. The number of anilines is 1. The van der Waals surface area contributed by atoms with Crippen molar-refractivity contribution in [2.75, 3.05) is 4.72 Å². The molecule has 0 amide bonds. The SMILES string of the molecule is O=c1ccccn1Cc1ccc(NS(=O)(=O)c2ccc(Cl)c(C(F)(F)F)c2)cc1. The van der Waals surface area contributed by atoms with Crippen LogP contribution in [0, 0.1) is 0 Å². The van der Waals surface area contributed by atoms with Gasteiger partial charge < -0.3 is 4.57 Å². The quantitative estimate of drug-likeness (QED) is 0.638. The topological polar surface area (TPSA) is 68.2 Å². The molecule has 0 fully saturated rings. The Balaban J connectivity index is 1.81. The molecule has 5 nitrogen and oxygen atoms in total. The van der Waals surface area contributed by atoms with Crippen LogP contribution >= 0.6 is 11.6 Å². The molecule has 152 valence electrons. The highest BCUT2D eigenvalue weighted by Crippen LogP contribution is 2.36. The molecule has 0 aliphatic heterocycles. The summed E-state index contributed by atoms with van der Waals surface area (Å²) >= 11 is 5.53. The summed E-state index contributed by atoms with van der Waals surface area (Å²) in [4.78, 5) is 11.2. The maximum Gasteiger partial charge on any atom is 0.417 e. The van der Waals surface area contributed by atoms with Crippen LogP contribution < -0.4 is 10.3 Å². The number of rotatable bonds is 5. The number of hydrogen-bond donors (Lipinski definition) is 1. The predicted molar refractivity (Wildman–Crippen MR) is 104 cm³/mol. The van der Waals surface area contributed by atoms with Crippen LogP contribution in [0.2, 0.25) is 5.02 Å². The summed E-state index contributed by atoms with van der Waals surface area (Å²) in [6, 6.07) is 13.3. The molecule has 0 saturated carbocycles. The molecule has 29 heavy (non-hydrogen) atoms. The Labute approximate surface area is 169 Å². The molecular formula is C19H14ClF3N2O3S. The van der Waals surface area contributed by atoms with Crippen molar-refractivity contribution in [1.82, 2.24) is 4.57 Å². The summed E-state index contributed by atoms with van der Waals surface area (Å²) in [5, 5.41) is -0.586. The van der Waals surface area contributed by atoms with E-state index in [0.717, 1.165) is 17.7 Å². The first-order chi connectivity index (χ1) is 13.6. The second kappa shape index (κ2) is 7.92. The Bertz CT molecular complexity index is 1190. The highest BCUT2D eigenvalue weighted by molar-refractivity contribution is 7.92. The van der Waals surface area contributed by atoms with E-state index < -0.39 is 31.7 Å². The van der Waals surface area contributed by atoms with E-state index >= 15 is 0 Å². The summed E-state index contributed by atoms with van der Waals surface area (Å²) < 4.78 is 67.5. The van der Waals surface area contributed by atoms with Gasteiger partial charge in [0.05, 0.1) is 22.0 Å². The minimum Gasteiger partial charge on any atom is -0.311 e. The van der Waals surface area contributed by atoms with Crippen LogP contribution in [0.15, 0.2) is 76.6 Å². The lowest BCUT2D eigenvalue weighted by Crippen LogP contribution is -2.18. The molecule has 0 atom stereocenters. The zero-order valence-corrected chi connectivity index (χ0v) is 16.2. The number of sulfonamides is 1. The van der Waals surface area contributed by atoms with Crippen LogP contribution in [0.1, 0.15) is 11.1 Å². The molecule has 3 rings (SSSR count). The van der Waals surface area contributed by atoms with Gasteiger partial charge >= 0.3 is 6.18 Å². The Morgan fingerprint density at radius 2 is 1.69 bits per heavy atom. The Morgan fingerprint density at radius 3 is 2.31 bits per heavy atom. The summed E-state index contributed by atoms with van der Waals surface area (Å²) in [6.07, 6.45) is -3.16. The van der Waals surface area contributed by atoms with Crippen molar-refractivity contribution in [3.63, 3.8) is 0 Å². The molecule has 1 aromatic heterocycles. The van der Waals surface area contributed by atoms with E-state index in [1.807, 2.05) is 0 Å². The smallest absolute Gasteiger partial charge is 0.311 e. The lowest BCUT2D eigenvalue weighted by molar-refractivity contribution is -0.137. The average molecular weight is 443 g/mol. The van der Waals surface area contributed by atoms with E-state index in [0.29, 0.717) is 12.6 Å². The highest BCUT2D eigenvalue weighted by atomic mass is 35.5. The van der Waals surface area contributed by atoms with Crippen molar-refractivity contribution >= 4 is 27.3 Å². The Morgan fingerprint density at radius 1 is 1.00 bits per heavy atom. The van der Waals surface area contributed by atoms with E-state index in [2.05, 4.69) is 4.72 Å². The van der Waals surface area contributed by atoms with Crippen molar-refractivity contribution in [3.8, 4) is 0 Å². The van der Waals surface area contributed by atoms with Gasteiger partial charge in [-0.05, 0) is 42.0 Å². The standard InChI is InChI=1S/C19H14ClF3N2O3S/c20-17-9-8-15(11-16(17)19(21,22)23)29(27,28)24-14-6-4-13(5-7-14)12-25-10-2-1-3-18(25)26/h1-11,24H,12H2. The van der Waals surface area contributed by atoms with Gasteiger partial charge in [-0.3, -0.25) is 9.52 Å². The van der Waals surface area contributed by atoms with Gasteiger partial charge in [-0.15, -0.1) is 0 Å². The second-order valence-electron chi connectivity index (χ2n) is 6.11. The van der Waals surface area contributed by atoms with Gasteiger partial charge in [0.1, 0.15) is 0 Å². The molecule has 0 aliphatic carbocycles. The van der Waals surface area contributed by atoms with Gasteiger partial charge in [-0.25, -0.2) is 8.42 Å². The van der Waals surface area contributed by atoms with E-state index in [1.165, 1.54) is 22.8 Å². The Hall–Kier alpha value is -2.78. The largest absolute Gasteiger partial charge is 0.417 e. The van der Waals surface area contributed by atoms with Crippen molar-refractivity contribution in [2.24, 2.45) is 0 Å². The van der Waals surface area contributed by atoms with Gasteiger partial charge in [0.2, 0.25) is 0 Å². The van der Waals surface area contributed by atoms with Gasteiger partial charge in [0, 0.05) is 18.0 Å². The summed E-state index contributed by atoms with van der Waals surface area (Å²) in [7, 11) is -4.26. The first-order valence-corrected chi connectivity index (χ1v) is 10.1. The maximum atomic E-state index is 13.0. The van der Waals surface area contributed by atoms with Crippen LogP contribution in [0.4, 0.5) is 18.9 Å². The monoisotopic (exact) mass is 442 g/mol.